The van der Waals surface area contributed by atoms with E-state index in [0.717, 1.165) is 18.3 Å². The van der Waals surface area contributed by atoms with E-state index in [4.69, 9.17) is 0 Å². The Labute approximate surface area is 112 Å². The fourth-order valence-corrected chi connectivity index (χ4v) is 2.11. The van der Waals surface area contributed by atoms with Crippen molar-refractivity contribution in [3.05, 3.63) is 0 Å². The molecular weight excluding hydrogens is 283 g/mol. The van der Waals surface area contributed by atoms with Crippen molar-refractivity contribution in [2.75, 3.05) is 18.9 Å². The fourth-order valence-electron chi connectivity index (χ4n) is 1.39. The quantitative estimate of drug-likeness (QED) is 0.571. The van der Waals surface area contributed by atoms with E-state index < -0.39 is 13.0 Å². The molecule has 1 aromatic heterocycles. The smallest absolute Gasteiger partial charge is 0.312 e. The summed E-state index contributed by atoms with van der Waals surface area (Å²) in [4.78, 5) is 0. The monoisotopic (exact) mass is 297 g/mol. The zero-order valence-electron chi connectivity index (χ0n) is 10.1. The molecule has 19 heavy (non-hydrogen) atoms. The summed E-state index contributed by atoms with van der Waals surface area (Å²) in [7, 11) is 0. The second kappa shape index (κ2) is 6.53. The van der Waals surface area contributed by atoms with E-state index in [2.05, 4.69) is 25.6 Å². The number of hydrogen-bond acceptors (Lipinski definition) is 6. The van der Waals surface area contributed by atoms with Gasteiger partial charge in [0.25, 0.3) is 0 Å². The van der Waals surface area contributed by atoms with E-state index in [0.29, 0.717) is 17.7 Å². The summed E-state index contributed by atoms with van der Waals surface area (Å²) in [6.45, 7) is 0.940. The van der Waals surface area contributed by atoms with Crippen molar-refractivity contribution >= 4 is 11.8 Å². The van der Waals surface area contributed by atoms with Crippen LogP contribution in [0.4, 0.5) is 13.2 Å². The van der Waals surface area contributed by atoms with Crippen LogP contribution in [0.2, 0.25) is 0 Å². The predicted octanol–water partition coefficient (Wildman–Crippen LogP) is 1.05. The van der Waals surface area contributed by atoms with Crippen LogP contribution in [0.1, 0.15) is 12.8 Å². The minimum absolute atomic E-state index is 0.149. The van der Waals surface area contributed by atoms with Gasteiger partial charge in [-0.3, -0.25) is 4.74 Å². The van der Waals surface area contributed by atoms with Crippen molar-refractivity contribution in [3.8, 4) is 0 Å². The van der Waals surface area contributed by atoms with Crippen molar-refractivity contribution in [1.29, 1.82) is 0 Å². The number of nitrogens with zero attached hydrogens (tertiary/aromatic N) is 4. The van der Waals surface area contributed by atoms with Crippen molar-refractivity contribution in [2.24, 2.45) is 0 Å². The van der Waals surface area contributed by atoms with Gasteiger partial charge < -0.3 is 5.32 Å². The SMILES string of the molecule is FC(F)(F)OCCSc1nnnn1CCNC1CC1. The largest absolute Gasteiger partial charge is 0.522 e. The Hall–Kier alpha value is -0.870. The summed E-state index contributed by atoms with van der Waals surface area (Å²) in [6.07, 6.45) is -2.18. The third-order valence-electron chi connectivity index (χ3n) is 2.41. The van der Waals surface area contributed by atoms with Gasteiger partial charge >= 0.3 is 6.36 Å². The molecule has 1 fully saturated rings. The zero-order valence-corrected chi connectivity index (χ0v) is 10.9. The Morgan fingerprint density at radius 2 is 2.21 bits per heavy atom. The molecule has 1 heterocycles. The summed E-state index contributed by atoms with van der Waals surface area (Å²) in [5, 5.41) is 14.9. The normalized spacial score (nSPS) is 15.9. The third kappa shape index (κ3) is 5.74. The molecule has 0 bridgehead atoms. The van der Waals surface area contributed by atoms with E-state index in [1.165, 1.54) is 12.8 Å². The summed E-state index contributed by atoms with van der Waals surface area (Å²) in [5.41, 5.74) is 0. The van der Waals surface area contributed by atoms with Gasteiger partial charge in [0, 0.05) is 18.3 Å². The second-order valence-corrected chi connectivity index (χ2v) is 5.12. The Kier molecular flexibility index (Phi) is 4.99. The van der Waals surface area contributed by atoms with Gasteiger partial charge in [-0.2, -0.15) is 0 Å². The van der Waals surface area contributed by atoms with E-state index in [1.807, 2.05) is 0 Å². The van der Waals surface area contributed by atoms with E-state index in [1.54, 1.807) is 4.68 Å². The molecule has 108 valence electrons. The van der Waals surface area contributed by atoms with Crippen LogP contribution in [-0.2, 0) is 11.3 Å². The van der Waals surface area contributed by atoms with Gasteiger partial charge in [-0.15, -0.1) is 18.3 Å². The molecule has 10 heteroatoms. The number of halogens is 3. The lowest BCUT2D eigenvalue weighted by Crippen LogP contribution is -2.22. The molecule has 0 radical (unpaired) electrons. The van der Waals surface area contributed by atoms with Gasteiger partial charge in [-0.25, -0.2) is 4.68 Å². The van der Waals surface area contributed by atoms with Crippen LogP contribution in [0.25, 0.3) is 0 Å². The van der Waals surface area contributed by atoms with Crippen LogP contribution in [0.5, 0.6) is 0 Å². The van der Waals surface area contributed by atoms with Gasteiger partial charge in [0.2, 0.25) is 5.16 Å². The molecule has 0 aromatic carbocycles. The minimum atomic E-state index is -4.58. The molecule has 1 aromatic rings. The third-order valence-corrected chi connectivity index (χ3v) is 3.33. The molecule has 1 aliphatic rings. The van der Waals surface area contributed by atoms with Crippen LogP contribution in [0, 0.1) is 0 Å². The first-order chi connectivity index (χ1) is 9.04. The van der Waals surface area contributed by atoms with E-state index in [9.17, 15) is 13.2 Å². The first kappa shape index (κ1) is 14.5. The molecule has 1 aliphatic carbocycles. The fraction of sp³-hybridized carbons (Fsp3) is 0.889. The highest BCUT2D eigenvalue weighted by molar-refractivity contribution is 7.99. The van der Waals surface area contributed by atoms with Crippen LogP contribution in [-0.4, -0.2) is 51.5 Å². The molecular formula is C9H14F3N5OS. The number of alkyl halides is 3. The molecule has 0 saturated heterocycles. The topological polar surface area (TPSA) is 64.9 Å². The molecule has 0 amide bonds. The standard InChI is InChI=1S/C9H14F3N5OS/c10-9(11,12)18-5-6-19-8-14-15-16-17(8)4-3-13-7-1-2-7/h7,13H,1-6H2. The number of ether oxygens (including phenoxy) is 1. The molecule has 0 atom stereocenters. The zero-order chi connectivity index (χ0) is 13.7. The molecule has 6 nitrogen and oxygen atoms in total. The highest BCUT2D eigenvalue weighted by Crippen LogP contribution is 2.19. The Morgan fingerprint density at radius 1 is 1.42 bits per heavy atom. The lowest BCUT2D eigenvalue weighted by Gasteiger charge is -2.07. The van der Waals surface area contributed by atoms with Gasteiger partial charge in [0.15, 0.2) is 0 Å². The number of thioether (sulfide) groups is 1. The minimum Gasteiger partial charge on any atom is -0.312 e. The maximum absolute atomic E-state index is 11.8. The average Bonchev–Trinajstić information content (AvgIpc) is 3.03. The van der Waals surface area contributed by atoms with Crippen LogP contribution < -0.4 is 5.32 Å². The van der Waals surface area contributed by atoms with Gasteiger partial charge in [-0.05, 0) is 23.3 Å². The molecule has 0 aliphatic heterocycles. The lowest BCUT2D eigenvalue weighted by atomic mass is 10.6. The number of rotatable bonds is 8. The van der Waals surface area contributed by atoms with Gasteiger partial charge in [0.05, 0.1) is 13.2 Å². The van der Waals surface area contributed by atoms with Crippen molar-refractivity contribution in [2.45, 2.75) is 36.9 Å². The van der Waals surface area contributed by atoms with Crippen LogP contribution in [0.15, 0.2) is 5.16 Å². The number of aromatic nitrogens is 4. The first-order valence-corrected chi connectivity index (χ1v) is 6.86. The van der Waals surface area contributed by atoms with E-state index in [-0.39, 0.29) is 5.75 Å². The molecule has 0 unspecified atom stereocenters. The maximum Gasteiger partial charge on any atom is 0.522 e. The van der Waals surface area contributed by atoms with Crippen molar-refractivity contribution < 1.29 is 17.9 Å². The molecule has 1 N–H and O–H groups in total. The lowest BCUT2D eigenvalue weighted by molar-refractivity contribution is -0.322. The number of nitrogens with one attached hydrogen (secondary N) is 1. The average molecular weight is 297 g/mol. The molecule has 2 rings (SSSR count). The Morgan fingerprint density at radius 3 is 2.89 bits per heavy atom. The number of tetrazole rings is 1. The van der Waals surface area contributed by atoms with Gasteiger partial charge in [0.1, 0.15) is 0 Å². The highest BCUT2D eigenvalue weighted by atomic mass is 32.2. The van der Waals surface area contributed by atoms with Gasteiger partial charge in [-0.1, -0.05) is 11.8 Å². The summed E-state index contributed by atoms with van der Waals surface area (Å²) in [5.74, 6) is 0.149. The maximum atomic E-state index is 11.8. The summed E-state index contributed by atoms with van der Waals surface area (Å²) >= 11 is 1.14. The Bertz CT molecular complexity index is 395. The molecule has 0 spiro atoms. The van der Waals surface area contributed by atoms with E-state index >= 15 is 0 Å². The Balaban J connectivity index is 1.66. The number of hydrogen-bond donors (Lipinski definition) is 1. The van der Waals surface area contributed by atoms with Crippen molar-refractivity contribution in [3.63, 3.8) is 0 Å². The predicted molar refractivity (Wildman–Crippen MR) is 61.6 cm³/mol. The highest BCUT2D eigenvalue weighted by Gasteiger charge is 2.28. The molecule has 1 saturated carbocycles. The first-order valence-electron chi connectivity index (χ1n) is 5.87. The second-order valence-electron chi connectivity index (χ2n) is 4.06. The van der Waals surface area contributed by atoms with Crippen molar-refractivity contribution in [1.82, 2.24) is 25.5 Å². The summed E-state index contributed by atoms with van der Waals surface area (Å²) in [6, 6.07) is 0.604. The van der Waals surface area contributed by atoms with Crippen LogP contribution >= 0.6 is 11.8 Å². The van der Waals surface area contributed by atoms with Crippen LogP contribution in [0.3, 0.4) is 0 Å². The summed E-state index contributed by atoms with van der Waals surface area (Å²) < 4.78 is 40.5.